The summed E-state index contributed by atoms with van der Waals surface area (Å²) in [5.74, 6) is 0.617. The highest BCUT2D eigenvalue weighted by Crippen LogP contribution is 2.23. The molecule has 1 aliphatic carbocycles. The molecule has 0 unspecified atom stereocenters. The molecule has 0 atom stereocenters. The molecular weight excluding hydrogens is 252 g/mol. The Labute approximate surface area is 117 Å². The number of rotatable bonds is 3. The van der Waals surface area contributed by atoms with Crippen LogP contribution in [-0.2, 0) is 13.0 Å². The summed E-state index contributed by atoms with van der Waals surface area (Å²) in [7, 11) is 0. The third-order valence-corrected chi connectivity index (χ3v) is 3.44. The van der Waals surface area contributed by atoms with Crippen LogP contribution in [0.2, 0.25) is 0 Å². The fraction of sp³-hybridized carbons (Fsp3) is 0.250. The minimum atomic E-state index is 0.508. The second-order valence-electron chi connectivity index (χ2n) is 4.82. The zero-order valence-electron chi connectivity index (χ0n) is 11.1. The van der Waals surface area contributed by atoms with Gasteiger partial charge >= 0.3 is 0 Å². The molecule has 0 radical (unpaired) electrons. The predicted octanol–water partition coefficient (Wildman–Crippen LogP) is 3.18. The van der Waals surface area contributed by atoms with Gasteiger partial charge in [0.05, 0.1) is 11.4 Å². The van der Waals surface area contributed by atoms with Crippen molar-refractivity contribution in [2.24, 2.45) is 5.16 Å². The number of aromatic nitrogens is 1. The normalized spacial score (nSPS) is 15.9. The van der Waals surface area contributed by atoms with E-state index in [0.717, 1.165) is 36.1 Å². The maximum absolute atomic E-state index is 8.99. The SMILES string of the molecule is ON=C1CCCc2nc(OCc3ccccc3)ccc21. The maximum atomic E-state index is 8.99. The zero-order chi connectivity index (χ0) is 13.8. The largest absolute Gasteiger partial charge is 0.473 e. The van der Waals surface area contributed by atoms with E-state index >= 15 is 0 Å². The number of hydrogen-bond acceptors (Lipinski definition) is 4. The van der Waals surface area contributed by atoms with Crippen LogP contribution in [0.15, 0.2) is 47.6 Å². The summed E-state index contributed by atoms with van der Waals surface area (Å²) in [5.41, 5.74) is 3.72. The van der Waals surface area contributed by atoms with Crippen LogP contribution in [0.1, 0.15) is 29.7 Å². The van der Waals surface area contributed by atoms with Crippen LogP contribution in [0.4, 0.5) is 0 Å². The van der Waals surface area contributed by atoms with E-state index in [-0.39, 0.29) is 0 Å². The minimum absolute atomic E-state index is 0.508. The molecule has 0 saturated heterocycles. The topological polar surface area (TPSA) is 54.7 Å². The number of pyridine rings is 1. The van der Waals surface area contributed by atoms with Gasteiger partial charge in [-0.05, 0) is 30.9 Å². The van der Waals surface area contributed by atoms with Gasteiger partial charge in [0, 0.05) is 11.6 Å². The number of aryl methyl sites for hydroxylation is 1. The van der Waals surface area contributed by atoms with E-state index in [1.54, 1.807) is 0 Å². The van der Waals surface area contributed by atoms with Gasteiger partial charge in [0.2, 0.25) is 5.88 Å². The van der Waals surface area contributed by atoms with Crippen LogP contribution < -0.4 is 4.74 Å². The van der Waals surface area contributed by atoms with Gasteiger partial charge < -0.3 is 9.94 Å². The van der Waals surface area contributed by atoms with Gasteiger partial charge in [0.25, 0.3) is 0 Å². The minimum Gasteiger partial charge on any atom is -0.473 e. The van der Waals surface area contributed by atoms with Crippen LogP contribution in [0, 0.1) is 0 Å². The second-order valence-corrected chi connectivity index (χ2v) is 4.82. The van der Waals surface area contributed by atoms with Gasteiger partial charge in [0.1, 0.15) is 6.61 Å². The third-order valence-electron chi connectivity index (χ3n) is 3.44. The van der Waals surface area contributed by atoms with E-state index < -0.39 is 0 Å². The van der Waals surface area contributed by atoms with Crippen LogP contribution in [0.25, 0.3) is 0 Å². The lowest BCUT2D eigenvalue weighted by Gasteiger charge is -2.16. The number of hydrogen-bond donors (Lipinski definition) is 1. The van der Waals surface area contributed by atoms with E-state index in [9.17, 15) is 0 Å². The molecule has 0 spiro atoms. The van der Waals surface area contributed by atoms with Crippen molar-refractivity contribution in [2.45, 2.75) is 25.9 Å². The highest BCUT2D eigenvalue weighted by atomic mass is 16.5. The van der Waals surface area contributed by atoms with Crippen molar-refractivity contribution in [1.29, 1.82) is 0 Å². The Morgan fingerprint density at radius 2 is 1.95 bits per heavy atom. The number of oxime groups is 1. The molecule has 0 amide bonds. The zero-order valence-corrected chi connectivity index (χ0v) is 11.1. The summed E-state index contributed by atoms with van der Waals surface area (Å²) in [5, 5.41) is 12.3. The first kappa shape index (κ1) is 12.7. The number of ether oxygens (including phenoxy) is 1. The van der Waals surface area contributed by atoms with Crippen molar-refractivity contribution < 1.29 is 9.94 Å². The molecule has 0 fully saturated rings. The Hall–Kier alpha value is -2.36. The van der Waals surface area contributed by atoms with E-state index in [1.807, 2.05) is 42.5 Å². The molecule has 2 aromatic rings. The average Bonchev–Trinajstić information content (AvgIpc) is 2.53. The van der Waals surface area contributed by atoms with Crippen molar-refractivity contribution in [3.05, 3.63) is 59.3 Å². The Morgan fingerprint density at radius 1 is 1.10 bits per heavy atom. The molecule has 1 aliphatic rings. The molecule has 4 nitrogen and oxygen atoms in total. The molecule has 0 bridgehead atoms. The van der Waals surface area contributed by atoms with Crippen LogP contribution >= 0.6 is 0 Å². The number of nitrogens with zero attached hydrogens (tertiary/aromatic N) is 2. The molecule has 3 rings (SSSR count). The summed E-state index contributed by atoms with van der Waals surface area (Å²) in [6.45, 7) is 0.508. The van der Waals surface area contributed by atoms with Gasteiger partial charge in [-0.1, -0.05) is 35.5 Å². The molecule has 1 aromatic heterocycles. The van der Waals surface area contributed by atoms with Crippen molar-refractivity contribution in [3.8, 4) is 5.88 Å². The molecule has 4 heteroatoms. The molecule has 1 heterocycles. The van der Waals surface area contributed by atoms with Crippen LogP contribution in [0.5, 0.6) is 5.88 Å². The van der Waals surface area contributed by atoms with E-state index in [2.05, 4.69) is 10.1 Å². The first-order chi connectivity index (χ1) is 9.86. The van der Waals surface area contributed by atoms with E-state index in [4.69, 9.17) is 9.94 Å². The molecule has 1 N–H and O–H groups in total. The number of benzene rings is 1. The summed E-state index contributed by atoms with van der Waals surface area (Å²) in [4.78, 5) is 4.51. The summed E-state index contributed by atoms with van der Waals surface area (Å²) < 4.78 is 5.71. The Morgan fingerprint density at radius 3 is 2.75 bits per heavy atom. The third kappa shape index (κ3) is 2.64. The summed E-state index contributed by atoms with van der Waals surface area (Å²) in [6.07, 6.45) is 2.66. The highest BCUT2D eigenvalue weighted by Gasteiger charge is 2.17. The fourth-order valence-corrected chi connectivity index (χ4v) is 2.41. The Kier molecular flexibility index (Phi) is 3.63. The highest BCUT2D eigenvalue weighted by molar-refractivity contribution is 6.01. The number of fused-ring (bicyclic) bond motifs is 1. The molecule has 20 heavy (non-hydrogen) atoms. The van der Waals surface area contributed by atoms with Crippen molar-refractivity contribution in [1.82, 2.24) is 4.98 Å². The van der Waals surface area contributed by atoms with E-state index in [0.29, 0.717) is 18.2 Å². The van der Waals surface area contributed by atoms with E-state index in [1.165, 1.54) is 0 Å². The van der Waals surface area contributed by atoms with Crippen molar-refractivity contribution >= 4 is 5.71 Å². The van der Waals surface area contributed by atoms with Gasteiger partial charge in [-0.15, -0.1) is 0 Å². The first-order valence-electron chi connectivity index (χ1n) is 6.75. The first-order valence-corrected chi connectivity index (χ1v) is 6.75. The van der Waals surface area contributed by atoms with Gasteiger partial charge in [-0.2, -0.15) is 0 Å². The summed E-state index contributed by atoms with van der Waals surface area (Å²) >= 11 is 0. The molecule has 0 aliphatic heterocycles. The van der Waals surface area contributed by atoms with Crippen LogP contribution in [-0.4, -0.2) is 15.9 Å². The molecular formula is C16H16N2O2. The summed E-state index contributed by atoms with van der Waals surface area (Å²) in [6, 6.07) is 13.8. The fourth-order valence-electron chi connectivity index (χ4n) is 2.41. The lowest BCUT2D eigenvalue weighted by atomic mass is 9.94. The molecule has 102 valence electrons. The smallest absolute Gasteiger partial charge is 0.213 e. The monoisotopic (exact) mass is 268 g/mol. The predicted molar refractivity (Wildman–Crippen MR) is 76.3 cm³/mol. The molecule has 0 saturated carbocycles. The van der Waals surface area contributed by atoms with Gasteiger partial charge in [-0.25, -0.2) is 4.98 Å². The standard InChI is InChI=1S/C16H16N2O2/c19-18-15-8-4-7-14-13(15)9-10-16(17-14)20-11-12-5-2-1-3-6-12/h1-3,5-6,9-10,19H,4,7-8,11H2. The van der Waals surface area contributed by atoms with Crippen LogP contribution in [0.3, 0.4) is 0 Å². The lowest BCUT2D eigenvalue weighted by molar-refractivity contribution is 0.292. The quantitative estimate of drug-likeness (QED) is 0.687. The van der Waals surface area contributed by atoms with Crippen molar-refractivity contribution in [3.63, 3.8) is 0 Å². The average molecular weight is 268 g/mol. The molecule has 1 aromatic carbocycles. The maximum Gasteiger partial charge on any atom is 0.213 e. The second kappa shape index (κ2) is 5.74. The van der Waals surface area contributed by atoms with Gasteiger partial charge in [-0.3, -0.25) is 0 Å². The van der Waals surface area contributed by atoms with Gasteiger partial charge in [0.15, 0.2) is 0 Å². The Balaban J connectivity index is 1.76. The van der Waals surface area contributed by atoms with Crippen molar-refractivity contribution in [2.75, 3.05) is 0 Å². The lowest BCUT2D eigenvalue weighted by Crippen LogP contribution is -2.14. The Bertz CT molecular complexity index is 624.